The Morgan fingerprint density at radius 3 is 2.61 bits per heavy atom. The number of urea groups is 1. The predicted molar refractivity (Wildman–Crippen MR) is 118 cm³/mol. The molecule has 1 aromatic carbocycles. The van der Waals surface area contributed by atoms with E-state index in [4.69, 9.17) is 16.0 Å². The van der Waals surface area contributed by atoms with Gasteiger partial charge in [-0.1, -0.05) is 23.4 Å². The van der Waals surface area contributed by atoms with Crippen LogP contribution in [0.4, 0.5) is 4.79 Å². The van der Waals surface area contributed by atoms with Crippen molar-refractivity contribution >= 4 is 35.3 Å². The Kier molecular flexibility index (Phi) is 7.72. The maximum Gasteiger partial charge on any atom is 0.321 e. The molecule has 0 unspecified atom stereocenters. The van der Waals surface area contributed by atoms with E-state index in [2.05, 4.69) is 20.8 Å². The summed E-state index contributed by atoms with van der Waals surface area (Å²) in [7, 11) is 3.90. The number of carbonyl (C=O) groups excluding carboxylic acids is 2. The molecule has 0 saturated heterocycles. The zero-order valence-electron chi connectivity index (χ0n) is 17.3. The molecule has 0 fully saturated rings. The van der Waals surface area contributed by atoms with Crippen molar-refractivity contribution in [2.24, 2.45) is 0 Å². The number of nitrogens with zero attached hydrogens (tertiary/aromatic N) is 4. The van der Waals surface area contributed by atoms with Gasteiger partial charge in [-0.25, -0.2) is 4.79 Å². The van der Waals surface area contributed by atoms with Gasteiger partial charge in [0.1, 0.15) is 5.76 Å². The summed E-state index contributed by atoms with van der Waals surface area (Å²) in [5.74, 6) is 0.868. The highest BCUT2D eigenvalue weighted by Crippen LogP contribution is 2.27. The summed E-state index contributed by atoms with van der Waals surface area (Å²) in [5, 5.41) is 14.6. The Labute approximate surface area is 189 Å². The van der Waals surface area contributed by atoms with Gasteiger partial charge in [-0.3, -0.25) is 19.6 Å². The molecule has 3 amide bonds. The van der Waals surface area contributed by atoms with E-state index in [1.54, 1.807) is 24.3 Å². The number of hydrogen-bond donors (Lipinski definition) is 2. The molecule has 164 valence electrons. The van der Waals surface area contributed by atoms with E-state index in [0.717, 1.165) is 11.5 Å². The summed E-state index contributed by atoms with van der Waals surface area (Å²) >= 11 is 7.21. The molecular weight excluding hydrogens is 440 g/mol. The average Bonchev–Trinajstić information content (AvgIpc) is 3.40. The fourth-order valence-electron chi connectivity index (χ4n) is 2.63. The normalized spacial score (nSPS) is 12.0. The molecule has 9 nitrogen and oxygen atoms in total. The number of imide groups is 1. The van der Waals surface area contributed by atoms with E-state index in [1.165, 1.54) is 18.0 Å². The number of rotatable bonds is 8. The highest BCUT2D eigenvalue weighted by atomic mass is 35.5. The van der Waals surface area contributed by atoms with Gasteiger partial charge < -0.3 is 9.73 Å². The molecule has 3 rings (SSSR count). The van der Waals surface area contributed by atoms with Crippen molar-refractivity contribution in [3.63, 3.8) is 0 Å². The van der Waals surface area contributed by atoms with Crippen molar-refractivity contribution < 1.29 is 14.0 Å². The fraction of sp³-hybridized carbons (Fsp3) is 0.300. The predicted octanol–water partition coefficient (Wildman–Crippen LogP) is 3.25. The maximum atomic E-state index is 12.2. The molecule has 0 aliphatic heterocycles. The molecule has 0 spiro atoms. The lowest BCUT2D eigenvalue weighted by atomic mass is 10.2. The molecule has 0 aliphatic rings. The molecule has 2 aromatic heterocycles. The highest BCUT2D eigenvalue weighted by Gasteiger charge is 2.21. The molecule has 31 heavy (non-hydrogen) atoms. The van der Waals surface area contributed by atoms with Gasteiger partial charge in [0.15, 0.2) is 11.0 Å². The quantitative estimate of drug-likeness (QED) is 0.495. The first-order valence-electron chi connectivity index (χ1n) is 9.45. The Hall–Kier alpha value is -2.82. The number of thioether (sulfide) groups is 1. The summed E-state index contributed by atoms with van der Waals surface area (Å²) in [6, 6.07) is 10.1. The fourth-order valence-corrected chi connectivity index (χ4v) is 3.51. The number of nitrogens with one attached hydrogen (secondary N) is 2. The van der Waals surface area contributed by atoms with Gasteiger partial charge in [-0.2, -0.15) is 0 Å². The topological polar surface area (TPSA) is 105 Å². The van der Waals surface area contributed by atoms with E-state index in [-0.39, 0.29) is 18.3 Å². The van der Waals surface area contributed by atoms with E-state index >= 15 is 0 Å². The first-order chi connectivity index (χ1) is 14.8. The van der Waals surface area contributed by atoms with Crippen molar-refractivity contribution in [3.05, 3.63) is 59.3 Å². The van der Waals surface area contributed by atoms with Crippen LogP contribution in [0.15, 0.2) is 52.2 Å². The summed E-state index contributed by atoms with van der Waals surface area (Å²) in [6.07, 6.45) is 1.51. The Morgan fingerprint density at radius 2 is 1.97 bits per heavy atom. The van der Waals surface area contributed by atoms with Crippen LogP contribution in [0.5, 0.6) is 0 Å². The number of aromatic nitrogens is 3. The van der Waals surface area contributed by atoms with Gasteiger partial charge in [0.05, 0.1) is 24.6 Å². The van der Waals surface area contributed by atoms with Crippen LogP contribution in [0.25, 0.3) is 5.69 Å². The lowest BCUT2D eigenvalue weighted by Crippen LogP contribution is -2.39. The lowest BCUT2D eigenvalue weighted by Gasteiger charge is -2.20. The zero-order chi connectivity index (χ0) is 22.4. The highest BCUT2D eigenvalue weighted by molar-refractivity contribution is 7.99. The molecule has 3 aromatic rings. The second-order valence-electron chi connectivity index (χ2n) is 6.89. The van der Waals surface area contributed by atoms with Crippen LogP contribution in [-0.4, -0.2) is 51.5 Å². The number of hydrogen-bond acceptors (Lipinski definition) is 7. The molecule has 0 aliphatic carbocycles. The Morgan fingerprint density at radius 1 is 1.23 bits per heavy atom. The van der Waals surface area contributed by atoms with Crippen LogP contribution < -0.4 is 10.6 Å². The minimum absolute atomic E-state index is 0.00373. The van der Waals surface area contributed by atoms with Crippen molar-refractivity contribution in [2.45, 2.75) is 24.7 Å². The summed E-state index contributed by atoms with van der Waals surface area (Å²) in [5.41, 5.74) is 0.831. The van der Waals surface area contributed by atoms with E-state index < -0.39 is 11.9 Å². The van der Waals surface area contributed by atoms with Gasteiger partial charge in [0, 0.05) is 10.7 Å². The van der Waals surface area contributed by atoms with Gasteiger partial charge in [0.25, 0.3) is 0 Å². The van der Waals surface area contributed by atoms with E-state index in [1.807, 2.05) is 42.6 Å². The van der Waals surface area contributed by atoms with Crippen molar-refractivity contribution in [1.82, 2.24) is 30.3 Å². The second kappa shape index (κ2) is 10.5. The van der Waals surface area contributed by atoms with Crippen molar-refractivity contribution in [1.29, 1.82) is 0 Å². The second-order valence-corrected chi connectivity index (χ2v) is 8.27. The first-order valence-corrected chi connectivity index (χ1v) is 10.8. The first kappa shape index (κ1) is 22.9. The molecule has 2 heterocycles. The van der Waals surface area contributed by atoms with Crippen LogP contribution in [-0.2, 0) is 11.3 Å². The Balaban J connectivity index is 1.67. The van der Waals surface area contributed by atoms with Crippen molar-refractivity contribution in [2.75, 3.05) is 19.8 Å². The smallest absolute Gasteiger partial charge is 0.321 e. The summed E-state index contributed by atoms with van der Waals surface area (Å²) in [6.45, 7) is 2.21. The molecule has 1 atom stereocenters. The summed E-state index contributed by atoms with van der Waals surface area (Å²) in [4.78, 5) is 26.1. The molecule has 0 radical (unpaired) electrons. The number of carbonyl (C=O) groups is 2. The molecule has 11 heteroatoms. The maximum absolute atomic E-state index is 12.2. The van der Waals surface area contributed by atoms with Gasteiger partial charge in [-0.15, -0.1) is 10.2 Å². The van der Waals surface area contributed by atoms with Crippen LogP contribution in [0.1, 0.15) is 24.6 Å². The SMILES string of the molecule is C[C@H](c1nnc(SCC(=O)NC(=O)NCc2ccco2)n1-c1ccc(Cl)cc1)N(C)C. The summed E-state index contributed by atoms with van der Waals surface area (Å²) < 4.78 is 7.02. The van der Waals surface area contributed by atoms with E-state index in [9.17, 15) is 9.59 Å². The minimum Gasteiger partial charge on any atom is -0.467 e. The molecule has 0 bridgehead atoms. The molecular formula is C20H23ClN6O3S. The zero-order valence-corrected chi connectivity index (χ0v) is 18.9. The van der Waals surface area contributed by atoms with Gasteiger partial charge in [0.2, 0.25) is 5.91 Å². The van der Waals surface area contributed by atoms with Crippen LogP contribution in [0.2, 0.25) is 5.02 Å². The van der Waals surface area contributed by atoms with E-state index in [0.29, 0.717) is 15.9 Å². The van der Waals surface area contributed by atoms with Crippen LogP contribution >= 0.6 is 23.4 Å². The standard InChI is InChI=1S/C20H23ClN6O3S/c1-13(26(2)3)18-24-25-20(27(18)15-8-6-14(21)7-9-15)31-12-17(28)23-19(29)22-11-16-5-4-10-30-16/h4-10,13H,11-12H2,1-3H3,(H2,22,23,28,29)/t13-/m1/s1. The third-order valence-electron chi connectivity index (χ3n) is 4.48. The van der Waals surface area contributed by atoms with Crippen LogP contribution in [0, 0.1) is 0 Å². The lowest BCUT2D eigenvalue weighted by molar-refractivity contribution is -0.117. The number of amides is 3. The van der Waals surface area contributed by atoms with Crippen LogP contribution in [0.3, 0.4) is 0 Å². The third-order valence-corrected chi connectivity index (χ3v) is 5.66. The number of halogens is 1. The molecule has 2 N–H and O–H groups in total. The Bertz CT molecular complexity index is 1020. The molecule has 0 saturated carbocycles. The monoisotopic (exact) mass is 462 g/mol. The minimum atomic E-state index is -0.594. The van der Waals surface area contributed by atoms with Crippen molar-refractivity contribution in [3.8, 4) is 5.69 Å². The third kappa shape index (κ3) is 6.09. The number of furan rings is 1. The largest absolute Gasteiger partial charge is 0.467 e. The number of benzene rings is 1. The average molecular weight is 463 g/mol. The van der Waals surface area contributed by atoms with Gasteiger partial charge in [-0.05, 0) is 57.4 Å². The van der Waals surface area contributed by atoms with Gasteiger partial charge >= 0.3 is 6.03 Å².